The van der Waals surface area contributed by atoms with Crippen LogP contribution in [0.4, 0.5) is 11.4 Å². The van der Waals surface area contributed by atoms with Crippen molar-refractivity contribution >= 4 is 44.3 Å². The van der Waals surface area contributed by atoms with Gasteiger partial charge in [-0.3, -0.25) is 4.99 Å². The lowest BCUT2D eigenvalue weighted by molar-refractivity contribution is 0.154. The predicted octanol–water partition coefficient (Wildman–Crippen LogP) is 5.09. The first kappa shape index (κ1) is 14.1. The standard InChI is InChI=1S/C20H15BrN2O/c1-23-17-8-7-15(21)10-14(17)11-20(23)12-22-19-16-5-3-2-4-13(16)6-9-18(19)24-20/h2-10,12H,11H2,1H3. The number of fused-ring (bicyclic) bond motifs is 4. The summed E-state index contributed by atoms with van der Waals surface area (Å²) in [6.45, 7) is 0. The predicted molar refractivity (Wildman–Crippen MR) is 102 cm³/mol. The van der Waals surface area contributed by atoms with Gasteiger partial charge < -0.3 is 9.64 Å². The molecule has 0 saturated carbocycles. The number of rotatable bonds is 0. The molecule has 2 aliphatic heterocycles. The number of hydrogen-bond acceptors (Lipinski definition) is 3. The van der Waals surface area contributed by atoms with Gasteiger partial charge >= 0.3 is 0 Å². The maximum absolute atomic E-state index is 6.48. The van der Waals surface area contributed by atoms with E-state index in [9.17, 15) is 0 Å². The minimum absolute atomic E-state index is 0.543. The van der Waals surface area contributed by atoms with Gasteiger partial charge in [-0.2, -0.15) is 0 Å². The van der Waals surface area contributed by atoms with E-state index in [4.69, 9.17) is 9.73 Å². The summed E-state index contributed by atoms with van der Waals surface area (Å²) >= 11 is 3.56. The molecule has 0 fully saturated rings. The van der Waals surface area contributed by atoms with Gasteiger partial charge in [-0.25, -0.2) is 0 Å². The summed E-state index contributed by atoms with van der Waals surface area (Å²) in [6.07, 6.45) is 2.74. The molecule has 24 heavy (non-hydrogen) atoms. The van der Waals surface area contributed by atoms with E-state index in [0.717, 1.165) is 27.7 Å². The molecule has 5 rings (SSSR count). The molecule has 3 aromatic carbocycles. The van der Waals surface area contributed by atoms with Gasteiger partial charge in [0.1, 0.15) is 11.4 Å². The lowest BCUT2D eigenvalue weighted by Gasteiger charge is -2.37. The first-order valence-corrected chi connectivity index (χ1v) is 8.74. The summed E-state index contributed by atoms with van der Waals surface area (Å²) in [7, 11) is 2.07. The van der Waals surface area contributed by atoms with E-state index in [1.165, 1.54) is 16.6 Å². The molecule has 0 radical (unpaired) electrons. The van der Waals surface area contributed by atoms with Gasteiger partial charge in [0, 0.05) is 29.0 Å². The van der Waals surface area contributed by atoms with Gasteiger partial charge in [0.2, 0.25) is 5.72 Å². The number of anilines is 1. The topological polar surface area (TPSA) is 24.8 Å². The number of aliphatic imine (C=N–C) groups is 1. The van der Waals surface area contributed by atoms with E-state index in [2.05, 4.69) is 64.3 Å². The van der Waals surface area contributed by atoms with E-state index in [-0.39, 0.29) is 0 Å². The zero-order valence-corrected chi connectivity index (χ0v) is 14.7. The molecule has 118 valence electrons. The average Bonchev–Trinajstić information content (AvgIpc) is 2.85. The van der Waals surface area contributed by atoms with Crippen LogP contribution < -0.4 is 9.64 Å². The Bertz CT molecular complexity index is 1010. The third-order valence-electron chi connectivity index (χ3n) is 4.96. The van der Waals surface area contributed by atoms with E-state index in [1.807, 2.05) is 24.4 Å². The lowest BCUT2D eigenvalue weighted by atomic mass is 10.0. The van der Waals surface area contributed by atoms with Crippen molar-refractivity contribution in [3.05, 3.63) is 64.6 Å². The van der Waals surface area contributed by atoms with E-state index in [0.29, 0.717) is 0 Å². The molecule has 1 unspecified atom stereocenters. The summed E-state index contributed by atoms with van der Waals surface area (Å²) in [6, 6.07) is 18.8. The first-order valence-electron chi connectivity index (χ1n) is 7.95. The molecule has 1 atom stereocenters. The molecular weight excluding hydrogens is 364 g/mol. The molecule has 0 N–H and O–H groups in total. The maximum atomic E-state index is 6.48. The highest BCUT2D eigenvalue weighted by Crippen LogP contribution is 2.46. The molecule has 0 amide bonds. The number of nitrogens with zero attached hydrogens (tertiary/aromatic N) is 2. The van der Waals surface area contributed by atoms with Crippen molar-refractivity contribution in [2.75, 3.05) is 11.9 Å². The van der Waals surface area contributed by atoms with Crippen LogP contribution in [0.3, 0.4) is 0 Å². The number of benzene rings is 3. The Kier molecular flexibility index (Phi) is 2.83. The van der Waals surface area contributed by atoms with Crippen molar-refractivity contribution in [1.82, 2.24) is 0 Å². The SMILES string of the molecule is CN1c2ccc(Br)cc2CC12C=Nc1c(ccc3ccccc13)O2. The third kappa shape index (κ3) is 1.86. The molecule has 0 aromatic heterocycles. The van der Waals surface area contributed by atoms with Gasteiger partial charge in [-0.05, 0) is 35.2 Å². The Labute approximate surface area is 148 Å². The number of halogens is 1. The Balaban J connectivity index is 1.63. The Morgan fingerprint density at radius 1 is 1.12 bits per heavy atom. The van der Waals surface area contributed by atoms with Gasteiger partial charge in [0.15, 0.2) is 0 Å². The van der Waals surface area contributed by atoms with Crippen LogP contribution >= 0.6 is 15.9 Å². The molecule has 0 aliphatic carbocycles. The number of hydrogen-bond donors (Lipinski definition) is 0. The fourth-order valence-electron chi connectivity index (χ4n) is 3.69. The normalized spacial score (nSPS) is 21.0. The van der Waals surface area contributed by atoms with Crippen LogP contribution in [0.15, 0.2) is 64.1 Å². The molecule has 1 spiro atoms. The van der Waals surface area contributed by atoms with Crippen LogP contribution in [0.25, 0.3) is 10.8 Å². The van der Waals surface area contributed by atoms with Gasteiger partial charge in [0.25, 0.3) is 0 Å². The highest BCUT2D eigenvalue weighted by molar-refractivity contribution is 9.10. The fraction of sp³-hybridized carbons (Fsp3) is 0.150. The van der Waals surface area contributed by atoms with E-state index in [1.54, 1.807) is 0 Å². The number of likely N-dealkylation sites (N-methyl/N-ethyl adjacent to an activating group) is 1. The van der Waals surface area contributed by atoms with Crippen molar-refractivity contribution in [2.45, 2.75) is 12.1 Å². The van der Waals surface area contributed by atoms with Crippen molar-refractivity contribution in [3.8, 4) is 5.75 Å². The quantitative estimate of drug-likeness (QED) is 0.544. The maximum Gasteiger partial charge on any atom is 0.223 e. The Morgan fingerprint density at radius 2 is 2.00 bits per heavy atom. The molecular formula is C20H15BrN2O. The minimum atomic E-state index is -0.543. The van der Waals surface area contributed by atoms with Crippen molar-refractivity contribution < 1.29 is 4.74 Å². The van der Waals surface area contributed by atoms with E-state index < -0.39 is 5.72 Å². The molecule has 3 aromatic rings. The number of ether oxygens (including phenoxy) is 1. The summed E-state index contributed by atoms with van der Waals surface area (Å²) in [5.41, 5.74) is 2.83. The van der Waals surface area contributed by atoms with Crippen LogP contribution in [0.1, 0.15) is 5.56 Å². The molecule has 4 heteroatoms. The second-order valence-electron chi connectivity index (χ2n) is 6.35. The van der Waals surface area contributed by atoms with Crippen molar-refractivity contribution in [3.63, 3.8) is 0 Å². The van der Waals surface area contributed by atoms with Gasteiger partial charge in [-0.1, -0.05) is 46.3 Å². The summed E-state index contributed by atoms with van der Waals surface area (Å²) < 4.78 is 7.57. The second-order valence-corrected chi connectivity index (χ2v) is 7.26. The summed E-state index contributed by atoms with van der Waals surface area (Å²) in [5, 5.41) is 2.31. The highest BCUT2D eigenvalue weighted by atomic mass is 79.9. The second kappa shape index (κ2) is 4.84. The zero-order valence-electron chi connectivity index (χ0n) is 13.2. The van der Waals surface area contributed by atoms with Crippen molar-refractivity contribution in [2.24, 2.45) is 4.99 Å². The third-order valence-corrected chi connectivity index (χ3v) is 5.45. The molecule has 0 bridgehead atoms. The largest absolute Gasteiger partial charge is 0.460 e. The summed E-state index contributed by atoms with van der Waals surface area (Å²) in [5.74, 6) is 0.843. The minimum Gasteiger partial charge on any atom is -0.460 e. The highest BCUT2D eigenvalue weighted by Gasteiger charge is 2.45. The first-order chi connectivity index (χ1) is 11.7. The van der Waals surface area contributed by atoms with Gasteiger partial charge in [-0.15, -0.1) is 0 Å². The van der Waals surface area contributed by atoms with Crippen LogP contribution in [0.2, 0.25) is 0 Å². The smallest absolute Gasteiger partial charge is 0.223 e. The zero-order chi connectivity index (χ0) is 16.3. The lowest BCUT2D eigenvalue weighted by Crippen LogP contribution is -2.52. The van der Waals surface area contributed by atoms with Crippen LogP contribution in [-0.2, 0) is 6.42 Å². The Morgan fingerprint density at radius 3 is 2.92 bits per heavy atom. The van der Waals surface area contributed by atoms with E-state index >= 15 is 0 Å². The summed E-state index contributed by atoms with van der Waals surface area (Å²) in [4.78, 5) is 6.99. The Hall–Kier alpha value is -2.33. The molecule has 2 aliphatic rings. The van der Waals surface area contributed by atoms with Crippen LogP contribution in [0.5, 0.6) is 5.75 Å². The van der Waals surface area contributed by atoms with Crippen LogP contribution in [0, 0.1) is 0 Å². The average molecular weight is 379 g/mol. The van der Waals surface area contributed by atoms with Gasteiger partial charge in [0.05, 0.1) is 6.21 Å². The monoisotopic (exact) mass is 378 g/mol. The molecule has 2 heterocycles. The molecule has 0 saturated heterocycles. The fourth-order valence-corrected chi connectivity index (χ4v) is 4.10. The van der Waals surface area contributed by atoms with Crippen molar-refractivity contribution in [1.29, 1.82) is 0 Å². The molecule has 3 nitrogen and oxygen atoms in total. The van der Waals surface area contributed by atoms with Crippen LogP contribution in [-0.4, -0.2) is 19.0 Å².